The van der Waals surface area contributed by atoms with Gasteiger partial charge in [0.15, 0.2) is 0 Å². The summed E-state index contributed by atoms with van der Waals surface area (Å²) in [5.74, 6) is 1.55. The van der Waals surface area contributed by atoms with Crippen molar-refractivity contribution in [3.8, 4) is 35.2 Å². The summed E-state index contributed by atoms with van der Waals surface area (Å²) in [4.78, 5) is 31.6. The van der Waals surface area contributed by atoms with Crippen molar-refractivity contribution in [2.24, 2.45) is 11.8 Å². The first-order valence-corrected chi connectivity index (χ1v) is 51.4. The van der Waals surface area contributed by atoms with Gasteiger partial charge in [-0.25, -0.2) is 0 Å². The SMILES string of the molecule is CCCCCCCCCCCCC(CCCCCCCCCC)CCCCn1c(=O)c(-c2ccc(C)[te]2)cc2c1cc(-c1ccc(-c3cc(CCCCCC)c(-c4[se]c(C)cc4CCCCCC)[se]3)[te]1)c(=O)n2CCCCC(CCCCCCCCCC)CCCCCCCCCCCC. The zero-order valence-corrected chi connectivity index (χ0v) is 74.2. The second-order valence-electron chi connectivity index (χ2n) is 31.4. The van der Waals surface area contributed by atoms with E-state index in [2.05, 4.69) is 113 Å². The molecule has 6 rings (SSSR count). The van der Waals surface area contributed by atoms with Gasteiger partial charge in [0.2, 0.25) is 0 Å². The topological polar surface area (TPSA) is 44.0 Å². The van der Waals surface area contributed by atoms with Crippen LogP contribution in [-0.2, 0) is 25.9 Å². The molecule has 0 saturated heterocycles. The van der Waals surface area contributed by atoms with E-state index in [1.165, 1.54) is 345 Å². The molecule has 4 nitrogen and oxygen atoms in total. The van der Waals surface area contributed by atoms with Gasteiger partial charge >= 0.3 is 446 Å². The first-order chi connectivity index (χ1) is 49.1. The fraction of sp³-hybridized carbons (Fsp3) is 0.739. The molecule has 0 fully saturated rings. The number of hydrogen-bond acceptors (Lipinski definition) is 2. The number of rotatable bonds is 64. The predicted octanol–water partition coefficient (Wildman–Crippen LogP) is 28.2. The molecule has 100 heavy (non-hydrogen) atoms. The Morgan fingerprint density at radius 3 is 0.980 bits per heavy atom. The average Bonchev–Trinajstić information content (AvgIpc) is 1.10. The molecule has 6 heterocycles. The molecule has 0 radical (unpaired) electrons. The minimum atomic E-state index is -0.861. The van der Waals surface area contributed by atoms with Crippen molar-refractivity contribution in [2.75, 3.05) is 0 Å². The fourth-order valence-electron chi connectivity index (χ4n) is 16.1. The third-order valence-electron chi connectivity index (χ3n) is 22.4. The zero-order valence-electron chi connectivity index (χ0n) is 66.1. The van der Waals surface area contributed by atoms with Gasteiger partial charge in [-0.3, -0.25) is 0 Å². The van der Waals surface area contributed by atoms with Crippen LogP contribution in [0.4, 0.5) is 0 Å². The van der Waals surface area contributed by atoms with Crippen LogP contribution in [0.2, 0.25) is 0 Å². The number of unbranched alkanes of at least 4 members (excludes halogenated alkanes) is 40. The van der Waals surface area contributed by atoms with Crippen LogP contribution < -0.4 is 11.1 Å². The maximum atomic E-state index is 16.0. The van der Waals surface area contributed by atoms with E-state index < -0.39 is 40.9 Å². The molecule has 6 aromatic rings. The molecule has 6 aromatic heterocycles. The molecular weight excluding hydrogens is 1580 g/mol. The first kappa shape index (κ1) is 87.6. The molecule has 0 N–H and O–H groups in total. The summed E-state index contributed by atoms with van der Waals surface area (Å²) in [6.07, 6.45) is 75.3. The standard InChI is InChI=1S/C92H150N2O2Se2Te2/c1-9-15-21-27-31-35-37-41-45-49-59-77(57-47-43-39-33-29-23-17-11-3)61-53-55-69-93-84-74-82(87-67-68-88(100-87)85-72-80(64-52-26-20-14-6)90(98-85)89-79(71-75(7)97-89)63-51-25-19-13-5)92(96)94(83(84)73-81(91(93)95)86-66-65-76(8)99-86)70-56-54-62-78(58-48-44-40-34-30-24-18-12-4)60-50-46-42-38-36-32-28-22-16-10-2/h65-68,71-74,77-78H,9-64,69-70H2,1-8H3. The summed E-state index contributed by atoms with van der Waals surface area (Å²) < 4.78 is 16.6. The minimum Gasteiger partial charge on any atom is -0.0654 e. The van der Waals surface area contributed by atoms with Gasteiger partial charge in [-0.1, -0.05) is 207 Å². The van der Waals surface area contributed by atoms with Gasteiger partial charge in [0, 0.05) is 0 Å². The van der Waals surface area contributed by atoms with Crippen LogP contribution in [0.25, 0.3) is 46.2 Å². The van der Waals surface area contributed by atoms with Gasteiger partial charge < -0.3 is 0 Å². The van der Waals surface area contributed by atoms with E-state index in [9.17, 15) is 0 Å². The Balaban J connectivity index is 1.32. The second kappa shape index (κ2) is 55.2. The first-order valence-electron chi connectivity index (χ1n) is 43.3. The molecule has 564 valence electrons. The van der Waals surface area contributed by atoms with Crippen molar-refractivity contribution in [1.29, 1.82) is 0 Å². The maximum absolute atomic E-state index is 16.0. The molecule has 0 aliphatic rings. The van der Waals surface area contributed by atoms with Crippen LogP contribution in [0.1, 0.15) is 407 Å². The Morgan fingerprint density at radius 2 is 0.620 bits per heavy atom. The molecular formula is C92H150N2O2Se2Te2. The summed E-state index contributed by atoms with van der Waals surface area (Å²) in [7, 11) is 0. The third kappa shape index (κ3) is 33.5. The fourth-order valence-corrected chi connectivity index (χ4v) is 27.8. The van der Waals surface area contributed by atoms with Crippen LogP contribution in [-0.4, -0.2) is 79.0 Å². The Hall–Kier alpha value is -1.30. The molecule has 0 amide bonds. The van der Waals surface area contributed by atoms with Crippen molar-refractivity contribution < 1.29 is 0 Å². The van der Waals surface area contributed by atoms with E-state index in [1.807, 2.05) is 0 Å². The van der Waals surface area contributed by atoms with Crippen molar-refractivity contribution in [1.82, 2.24) is 9.13 Å². The smallest absolute Gasteiger partial charge is 0.0654 e. The van der Waals surface area contributed by atoms with Gasteiger partial charge in [0.25, 0.3) is 0 Å². The molecule has 0 aliphatic carbocycles. The number of hydrogen-bond donors (Lipinski definition) is 0. The van der Waals surface area contributed by atoms with Crippen molar-refractivity contribution in [2.45, 2.75) is 428 Å². The zero-order chi connectivity index (χ0) is 71.0. The molecule has 0 bridgehead atoms. The summed E-state index contributed by atoms with van der Waals surface area (Å²) in [6.45, 7) is 20.1. The molecule has 0 spiro atoms. The van der Waals surface area contributed by atoms with Crippen LogP contribution >= 0.6 is 0 Å². The third-order valence-corrected chi connectivity index (χ3v) is 35.1. The molecule has 0 saturated carbocycles. The molecule has 0 aromatic carbocycles. The van der Waals surface area contributed by atoms with E-state index in [0.29, 0.717) is 14.5 Å². The minimum absolute atomic E-state index is 0.177. The molecule has 8 heteroatoms. The van der Waals surface area contributed by atoms with Crippen LogP contribution in [0, 0.1) is 25.7 Å². The number of aryl methyl sites for hydroxylation is 6. The van der Waals surface area contributed by atoms with E-state index in [1.54, 1.807) is 32.5 Å². The summed E-state index contributed by atoms with van der Waals surface area (Å²) in [6, 6.07) is 19.1. The molecule has 2 atom stereocenters. The number of aromatic nitrogens is 2. The van der Waals surface area contributed by atoms with Gasteiger partial charge in [-0.05, 0) is 0 Å². The molecule has 0 aliphatic heterocycles. The van der Waals surface area contributed by atoms with Gasteiger partial charge in [0.05, 0.1) is 0 Å². The number of fused-ring (bicyclic) bond motifs is 1. The average molecular weight is 1730 g/mol. The summed E-state index contributed by atoms with van der Waals surface area (Å²) >= 11 is -0.819. The van der Waals surface area contributed by atoms with Crippen LogP contribution in [0.3, 0.4) is 0 Å². The second-order valence-corrected chi connectivity index (χ2v) is 43.0. The monoisotopic (exact) mass is 1730 g/mol. The molecule has 2 unspecified atom stereocenters. The normalized spacial score (nSPS) is 12.5. The van der Waals surface area contributed by atoms with E-state index in [0.717, 1.165) is 72.8 Å². The van der Waals surface area contributed by atoms with Gasteiger partial charge in [-0.2, -0.15) is 0 Å². The van der Waals surface area contributed by atoms with Crippen LogP contribution in [0.15, 0.2) is 58.1 Å². The van der Waals surface area contributed by atoms with E-state index >= 15 is 9.59 Å². The van der Waals surface area contributed by atoms with E-state index in [-0.39, 0.29) is 25.6 Å². The summed E-state index contributed by atoms with van der Waals surface area (Å²) in [5, 5.41) is 0. The van der Waals surface area contributed by atoms with Crippen molar-refractivity contribution in [3.05, 3.63) is 88.4 Å². The quantitative estimate of drug-likeness (QED) is 0.0282. The van der Waals surface area contributed by atoms with Crippen molar-refractivity contribution in [3.63, 3.8) is 0 Å². The van der Waals surface area contributed by atoms with Gasteiger partial charge in [-0.15, -0.1) is 0 Å². The predicted molar refractivity (Wildman–Crippen MR) is 449 cm³/mol. The summed E-state index contributed by atoms with van der Waals surface area (Å²) in [5.41, 5.74) is 7.43. The Kier molecular flexibility index (Phi) is 48.3. The Labute approximate surface area is 647 Å². The Morgan fingerprint density at radius 1 is 0.320 bits per heavy atom. The number of nitrogens with zero attached hydrogens (tertiary/aromatic N) is 2. The van der Waals surface area contributed by atoms with Gasteiger partial charge in [0.1, 0.15) is 0 Å². The number of pyridine rings is 2. The Bertz CT molecular complexity index is 3150. The van der Waals surface area contributed by atoms with Crippen molar-refractivity contribution >= 4 is 80.9 Å². The van der Waals surface area contributed by atoms with E-state index in [4.69, 9.17) is 0 Å². The van der Waals surface area contributed by atoms with Crippen LogP contribution in [0.5, 0.6) is 0 Å².